The van der Waals surface area contributed by atoms with Crippen molar-refractivity contribution in [1.29, 1.82) is 0 Å². The number of hydrogen-bond donors (Lipinski definition) is 0. The average Bonchev–Trinajstić information content (AvgIpc) is 3.22. The highest BCUT2D eigenvalue weighted by Gasteiger charge is 2.33. The topological polar surface area (TPSA) is 69.9 Å². The number of hydrogen-bond acceptors (Lipinski definition) is 6. The van der Waals surface area contributed by atoms with Crippen LogP contribution < -0.4 is 19.6 Å². The fraction of sp³-hybridized carbons (Fsp3) is 0.194. The Balaban J connectivity index is 1.53. The number of esters is 1. The number of aryl methyl sites for hydroxylation is 1. The predicted molar refractivity (Wildman–Crippen MR) is 162 cm³/mol. The van der Waals surface area contributed by atoms with Crippen molar-refractivity contribution < 1.29 is 14.3 Å². The van der Waals surface area contributed by atoms with Crippen LogP contribution in [-0.4, -0.2) is 17.1 Å². The van der Waals surface area contributed by atoms with Crippen LogP contribution in [0.2, 0.25) is 0 Å². The van der Waals surface area contributed by atoms with Gasteiger partial charge in [-0.2, -0.15) is 0 Å². The van der Waals surface area contributed by atoms with E-state index in [0.29, 0.717) is 27.2 Å². The molecular formula is C31H27IN2O4S. The van der Waals surface area contributed by atoms with Crippen LogP contribution in [-0.2, 0) is 16.1 Å². The van der Waals surface area contributed by atoms with E-state index < -0.39 is 12.0 Å². The van der Waals surface area contributed by atoms with E-state index in [2.05, 4.69) is 27.6 Å². The number of aromatic nitrogens is 1. The lowest BCUT2D eigenvalue weighted by molar-refractivity contribution is -0.139. The molecule has 198 valence electrons. The van der Waals surface area contributed by atoms with Gasteiger partial charge in [-0.05, 0) is 78.3 Å². The fourth-order valence-corrected chi connectivity index (χ4v) is 6.21. The zero-order chi connectivity index (χ0) is 27.5. The molecule has 4 aromatic rings. The van der Waals surface area contributed by atoms with Crippen molar-refractivity contribution in [2.24, 2.45) is 4.99 Å². The Kier molecular flexibility index (Phi) is 8.13. The molecule has 8 heteroatoms. The van der Waals surface area contributed by atoms with E-state index in [1.165, 1.54) is 11.3 Å². The summed E-state index contributed by atoms with van der Waals surface area (Å²) < 4.78 is 14.5. The van der Waals surface area contributed by atoms with Gasteiger partial charge in [0.05, 0.1) is 32.0 Å². The maximum absolute atomic E-state index is 13.8. The summed E-state index contributed by atoms with van der Waals surface area (Å²) in [6, 6.07) is 23.1. The van der Waals surface area contributed by atoms with Gasteiger partial charge in [0.15, 0.2) is 4.80 Å². The molecule has 5 rings (SSSR count). The summed E-state index contributed by atoms with van der Waals surface area (Å²) in [5, 5.41) is 0. The molecule has 0 fully saturated rings. The van der Waals surface area contributed by atoms with E-state index in [1.54, 1.807) is 18.4 Å². The highest BCUT2D eigenvalue weighted by Crippen LogP contribution is 2.31. The number of carbonyl (C=O) groups excluding carboxylic acids is 1. The Morgan fingerprint density at radius 3 is 2.51 bits per heavy atom. The lowest BCUT2D eigenvalue weighted by atomic mass is 9.95. The van der Waals surface area contributed by atoms with Crippen molar-refractivity contribution in [3.63, 3.8) is 0 Å². The number of carbonyl (C=O) groups is 1. The van der Waals surface area contributed by atoms with E-state index >= 15 is 0 Å². The van der Waals surface area contributed by atoms with Gasteiger partial charge in [0.2, 0.25) is 0 Å². The van der Waals surface area contributed by atoms with Gasteiger partial charge in [-0.25, -0.2) is 9.79 Å². The van der Waals surface area contributed by atoms with Crippen molar-refractivity contribution >= 4 is 46.0 Å². The standard InChI is InChI=1S/C31H27IN2O4S/c1-4-37-30(36)27-20(3)33-31-34(28(27)23-13-10-19(2)11-14-23)29(35)26(39-31)17-22-12-15-25(24(32)16-22)38-18-21-8-6-5-7-9-21/h5-17,28H,4,18H2,1-3H3/b26-17+/t28-/m1/s1. The number of rotatable bonds is 7. The maximum Gasteiger partial charge on any atom is 0.338 e. The summed E-state index contributed by atoms with van der Waals surface area (Å²) in [6.07, 6.45) is 1.86. The Morgan fingerprint density at radius 1 is 1.08 bits per heavy atom. The Hall–Kier alpha value is -3.50. The fourth-order valence-electron chi connectivity index (χ4n) is 4.47. The van der Waals surface area contributed by atoms with Crippen LogP contribution in [0.3, 0.4) is 0 Å². The van der Waals surface area contributed by atoms with E-state index in [4.69, 9.17) is 9.47 Å². The number of ether oxygens (including phenoxy) is 2. The quantitative estimate of drug-likeness (QED) is 0.202. The van der Waals surface area contributed by atoms with Crippen molar-refractivity contribution in [3.8, 4) is 5.75 Å². The second-order valence-electron chi connectivity index (χ2n) is 9.18. The Labute approximate surface area is 244 Å². The first kappa shape index (κ1) is 27.1. The van der Waals surface area contributed by atoms with Crippen LogP contribution >= 0.6 is 33.9 Å². The van der Waals surface area contributed by atoms with Crippen LogP contribution in [0.1, 0.15) is 42.1 Å². The average molecular weight is 651 g/mol. The second-order valence-corrected chi connectivity index (χ2v) is 11.3. The molecule has 1 atom stereocenters. The maximum atomic E-state index is 13.8. The molecule has 0 radical (unpaired) electrons. The molecule has 1 aliphatic heterocycles. The monoisotopic (exact) mass is 650 g/mol. The molecule has 39 heavy (non-hydrogen) atoms. The van der Waals surface area contributed by atoms with Crippen LogP contribution in [0.4, 0.5) is 0 Å². The van der Waals surface area contributed by atoms with Gasteiger partial charge < -0.3 is 9.47 Å². The number of fused-ring (bicyclic) bond motifs is 1. The van der Waals surface area contributed by atoms with Crippen molar-refractivity contribution in [2.75, 3.05) is 6.61 Å². The number of benzene rings is 3. The molecule has 0 unspecified atom stereocenters. The smallest absolute Gasteiger partial charge is 0.338 e. The molecule has 6 nitrogen and oxygen atoms in total. The van der Waals surface area contributed by atoms with Gasteiger partial charge in [-0.15, -0.1) is 0 Å². The van der Waals surface area contributed by atoms with Gasteiger partial charge in [0, 0.05) is 0 Å². The van der Waals surface area contributed by atoms with Gasteiger partial charge in [0.25, 0.3) is 5.56 Å². The summed E-state index contributed by atoms with van der Waals surface area (Å²) in [7, 11) is 0. The zero-order valence-corrected chi connectivity index (χ0v) is 24.8. The molecule has 1 aromatic heterocycles. The van der Waals surface area contributed by atoms with Crippen molar-refractivity contribution in [2.45, 2.75) is 33.4 Å². The van der Waals surface area contributed by atoms with Crippen LogP contribution in [0.25, 0.3) is 6.08 Å². The van der Waals surface area contributed by atoms with Gasteiger partial charge in [-0.3, -0.25) is 9.36 Å². The molecule has 0 bridgehead atoms. The minimum atomic E-state index is -0.614. The lowest BCUT2D eigenvalue weighted by Crippen LogP contribution is -2.39. The Morgan fingerprint density at radius 2 is 1.82 bits per heavy atom. The van der Waals surface area contributed by atoms with Crippen molar-refractivity contribution in [3.05, 3.63) is 130 Å². The summed E-state index contributed by atoms with van der Waals surface area (Å²) in [5.41, 5.74) is 4.65. The zero-order valence-electron chi connectivity index (χ0n) is 21.8. The normalized spacial score (nSPS) is 15.1. The molecule has 1 aliphatic rings. The second kappa shape index (κ2) is 11.7. The van der Waals surface area contributed by atoms with Gasteiger partial charge in [0.1, 0.15) is 12.4 Å². The lowest BCUT2D eigenvalue weighted by Gasteiger charge is -2.24. The molecule has 0 saturated carbocycles. The largest absolute Gasteiger partial charge is 0.488 e. The van der Waals surface area contributed by atoms with E-state index in [-0.39, 0.29) is 12.2 Å². The first-order chi connectivity index (χ1) is 18.9. The third-order valence-corrected chi connectivity index (χ3v) is 8.23. The van der Waals surface area contributed by atoms with Crippen LogP contribution in [0, 0.1) is 10.5 Å². The summed E-state index contributed by atoms with van der Waals surface area (Å²) in [6.45, 7) is 6.28. The number of halogens is 1. The molecule has 2 heterocycles. The SMILES string of the molecule is CCOC(=O)C1=C(C)N=c2s/c(=C/c3ccc(OCc4ccccc4)c(I)c3)c(=O)n2[C@@H]1c1ccc(C)cc1. The summed E-state index contributed by atoms with van der Waals surface area (Å²) in [5.74, 6) is 0.325. The number of allylic oxidation sites excluding steroid dienone is 1. The summed E-state index contributed by atoms with van der Waals surface area (Å²) in [4.78, 5) is 32.0. The minimum absolute atomic E-state index is 0.196. The highest BCUT2D eigenvalue weighted by atomic mass is 127. The van der Waals surface area contributed by atoms with Gasteiger partial charge in [-0.1, -0.05) is 77.6 Å². The third kappa shape index (κ3) is 5.77. The minimum Gasteiger partial charge on any atom is -0.488 e. The Bertz CT molecular complexity index is 1740. The molecule has 0 spiro atoms. The van der Waals surface area contributed by atoms with Crippen LogP contribution in [0.5, 0.6) is 5.75 Å². The third-order valence-electron chi connectivity index (χ3n) is 6.40. The van der Waals surface area contributed by atoms with E-state index in [9.17, 15) is 9.59 Å². The highest BCUT2D eigenvalue weighted by molar-refractivity contribution is 14.1. The first-order valence-electron chi connectivity index (χ1n) is 12.6. The summed E-state index contributed by atoms with van der Waals surface area (Å²) >= 11 is 3.56. The van der Waals surface area contributed by atoms with Gasteiger partial charge >= 0.3 is 5.97 Å². The number of nitrogens with zero attached hydrogens (tertiary/aromatic N) is 2. The molecule has 0 aliphatic carbocycles. The van der Waals surface area contributed by atoms with E-state index in [0.717, 1.165) is 31.6 Å². The van der Waals surface area contributed by atoms with E-state index in [1.807, 2.05) is 85.8 Å². The molecule has 0 saturated heterocycles. The first-order valence-corrected chi connectivity index (χ1v) is 14.5. The molecule has 0 amide bonds. The molecule has 3 aromatic carbocycles. The number of thiazole rings is 1. The molecular weight excluding hydrogens is 623 g/mol. The van der Waals surface area contributed by atoms with Crippen molar-refractivity contribution in [1.82, 2.24) is 4.57 Å². The predicted octanol–water partition coefficient (Wildman–Crippen LogP) is 5.29. The molecule has 0 N–H and O–H groups in total. The van der Waals surface area contributed by atoms with Crippen LogP contribution in [0.15, 0.2) is 93.9 Å².